The second-order valence-electron chi connectivity index (χ2n) is 5.43. The molecule has 23 heavy (non-hydrogen) atoms. The SMILES string of the molecule is O=C(O)CCCNC(=O)NC1CCN(c2ccc(F)c(Cl)c2)C1. The van der Waals surface area contributed by atoms with Gasteiger partial charge in [-0.05, 0) is 31.0 Å². The van der Waals surface area contributed by atoms with Crippen molar-refractivity contribution in [2.24, 2.45) is 0 Å². The van der Waals surface area contributed by atoms with Crippen LogP contribution in [0.2, 0.25) is 5.02 Å². The maximum Gasteiger partial charge on any atom is 0.315 e. The highest BCUT2D eigenvalue weighted by Gasteiger charge is 2.24. The van der Waals surface area contributed by atoms with Gasteiger partial charge in [0.1, 0.15) is 5.82 Å². The van der Waals surface area contributed by atoms with Crippen molar-refractivity contribution in [2.75, 3.05) is 24.5 Å². The molecule has 2 rings (SSSR count). The van der Waals surface area contributed by atoms with E-state index in [1.807, 2.05) is 4.90 Å². The lowest BCUT2D eigenvalue weighted by molar-refractivity contribution is -0.137. The molecule has 1 aliphatic rings. The van der Waals surface area contributed by atoms with Crippen LogP contribution in [0.1, 0.15) is 19.3 Å². The van der Waals surface area contributed by atoms with Gasteiger partial charge in [-0.25, -0.2) is 9.18 Å². The molecule has 0 saturated carbocycles. The van der Waals surface area contributed by atoms with E-state index in [1.165, 1.54) is 6.07 Å². The lowest BCUT2D eigenvalue weighted by Crippen LogP contribution is -2.43. The molecule has 1 aromatic carbocycles. The quantitative estimate of drug-likeness (QED) is 0.692. The van der Waals surface area contributed by atoms with Gasteiger partial charge in [0.25, 0.3) is 0 Å². The molecule has 0 bridgehead atoms. The van der Waals surface area contributed by atoms with Crippen molar-refractivity contribution in [3.63, 3.8) is 0 Å². The van der Waals surface area contributed by atoms with Crippen LogP contribution in [-0.4, -0.2) is 42.8 Å². The van der Waals surface area contributed by atoms with Crippen LogP contribution in [0.5, 0.6) is 0 Å². The Morgan fingerprint density at radius 1 is 1.43 bits per heavy atom. The van der Waals surface area contributed by atoms with Crippen LogP contribution in [0, 0.1) is 5.82 Å². The average Bonchev–Trinajstić information content (AvgIpc) is 2.95. The van der Waals surface area contributed by atoms with E-state index in [1.54, 1.807) is 12.1 Å². The number of aliphatic carboxylic acids is 1. The minimum Gasteiger partial charge on any atom is -0.481 e. The molecule has 1 heterocycles. The molecule has 2 amide bonds. The zero-order chi connectivity index (χ0) is 16.8. The average molecular weight is 344 g/mol. The van der Waals surface area contributed by atoms with Crippen LogP contribution >= 0.6 is 11.6 Å². The number of halogens is 2. The van der Waals surface area contributed by atoms with Crippen molar-refractivity contribution >= 4 is 29.3 Å². The van der Waals surface area contributed by atoms with E-state index in [-0.39, 0.29) is 23.5 Å². The Bertz CT molecular complexity index is 585. The van der Waals surface area contributed by atoms with Crippen LogP contribution in [0.25, 0.3) is 0 Å². The normalized spacial score (nSPS) is 17.1. The van der Waals surface area contributed by atoms with Gasteiger partial charge in [0.2, 0.25) is 0 Å². The molecule has 1 saturated heterocycles. The third-order valence-corrected chi connectivity index (χ3v) is 3.93. The smallest absolute Gasteiger partial charge is 0.315 e. The second kappa shape index (κ2) is 8.01. The molecular formula is C15H19ClFN3O3. The highest BCUT2D eigenvalue weighted by Crippen LogP contribution is 2.25. The number of rotatable bonds is 6. The molecule has 0 aliphatic carbocycles. The van der Waals surface area contributed by atoms with Crippen LogP contribution in [-0.2, 0) is 4.79 Å². The van der Waals surface area contributed by atoms with E-state index < -0.39 is 11.8 Å². The molecular weight excluding hydrogens is 325 g/mol. The third kappa shape index (κ3) is 5.28. The van der Waals surface area contributed by atoms with Crippen molar-refractivity contribution in [3.05, 3.63) is 29.0 Å². The summed E-state index contributed by atoms with van der Waals surface area (Å²) >= 11 is 5.78. The number of hydrogen-bond donors (Lipinski definition) is 3. The Kier molecular flexibility index (Phi) is 6.04. The Labute approximate surface area is 138 Å². The van der Waals surface area contributed by atoms with Gasteiger partial charge in [-0.15, -0.1) is 0 Å². The van der Waals surface area contributed by atoms with E-state index in [4.69, 9.17) is 16.7 Å². The number of carboxylic acids is 1. The second-order valence-corrected chi connectivity index (χ2v) is 5.83. The fourth-order valence-electron chi connectivity index (χ4n) is 2.47. The molecule has 1 aromatic rings. The van der Waals surface area contributed by atoms with Crippen molar-refractivity contribution < 1.29 is 19.1 Å². The Morgan fingerprint density at radius 2 is 2.22 bits per heavy atom. The fraction of sp³-hybridized carbons (Fsp3) is 0.467. The summed E-state index contributed by atoms with van der Waals surface area (Å²) in [5, 5.41) is 14.1. The maximum atomic E-state index is 13.2. The van der Waals surface area contributed by atoms with Crippen molar-refractivity contribution in [3.8, 4) is 0 Å². The highest BCUT2D eigenvalue weighted by molar-refractivity contribution is 6.31. The largest absolute Gasteiger partial charge is 0.481 e. The van der Waals surface area contributed by atoms with Gasteiger partial charge in [0.15, 0.2) is 0 Å². The van der Waals surface area contributed by atoms with Gasteiger partial charge >= 0.3 is 12.0 Å². The Balaban J connectivity index is 1.75. The topological polar surface area (TPSA) is 81.7 Å². The summed E-state index contributed by atoms with van der Waals surface area (Å²) in [6.45, 7) is 1.68. The van der Waals surface area contributed by atoms with Crippen molar-refractivity contribution in [1.29, 1.82) is 0 Å². The van der Waals surface area contributed by atoms with E-state index in [2.05, 4.69) is 10.6 Å². The number of hydrogen-bond acceptors (Lipinski definition) is 3. The van der Waals surface area contributed by atoms with Gasteiger partial charge in [-0.2, -0.15) is 0 Å². The lowest BCUT2D eigenvalue weighted by Gasteiger charge is -2.19. The van der Waals surface area contributed by atoms with Gasteiger partial charge in [-0.1, -0.05) is 11.6 Å². The number of carbonyl (C=O) groups excluding carboxylic acids is 1. The molecule has 0 aromatic heterocycles. The first-order valence-electron chi connectivity index (χ1n) is 7.42. The molecule has 1 fully saturated rings. The van der Waals surface area contributed by atoms with E-state index in [9.17, 15) is 14.0 Å². The highest BCUT2D eigenvalue weighted by atomic mass is 35.5. The van der Waals surface area contributed by atoms with Crippen LogP contribution < -0.4 is 15.5 Å². The summed E-state index contributed by atoms with van der Waals surface area (Å²) in [6, 6.07) is 4.24. The molecule has 126 valence electrons. The van der Waals surface area contributed by atoms with Crippen molar-refractivity contribution in [1.82, 2.24) is 10.6 Å². The standard InChI is InChI=1S/C15H19ClFN3O3/c16-12-8-11(3-4-13(12)17)20-7-5-10(9-20)19-15(23)18-6-1-2-14(21)22/h3-4,8,10H,1-2,5-7,9H2,(H,21,22)(H2,18,19,23). The monoisotopic (exact) mass is 343 g/mol. The van der Waals surface area contributed by atoms with Crippen LogP contribution in [0.4, 0.5) is 14.9 Å². The number of nitrogens with zero attached hydrogens (tertiary/aromatic N) is 1. The first kappa shape index (κ1) is 17.3. The summed E-state index contributed by atoms with van der Waals surface area (Å²) in [4.78, 5) is 24.1. The molecule has 1 aliphatic heterocycles. The molecule has 6 nitrogen and oxygen atoms in total. The van der Waals surface area contributed by atoms with E-state index in [0.29, 0.717) is 19.5 Å². The van der Waals surface area contributed by atoms with Crippen LogP contribution in [0.3, 0.4) is 0 Å². The molecule has 0 radical (unpaired) electrons. The number of benzene rings is 1. The van der Waals surface area contributed by atoms with Crippen molar-refractivity contribution in [2.45, 2.75) is 25.3 Å². The minimum atomic E-state index is -0.878. The van der Waals surface area contributed by atoms with E-state index in [0.717, 1.165) is 18.7 Å². The Hall–Kier alpha value is -2.02. The molecule has 0 spiro atoms. The molecule has 3 N–H and O–H groups in total. The summed E-state index contributed by atoms with van der Waals surface area (Å²) in [5.74, 6) is -1.33. The first-order valence-corrected chi connectivity index (χ1v) is 7.79. The number of carbonyl (C=O) groups is 2. The summed E-state index contributed by atoms with van der Waals surface area (Å²) in [5.41, 5.74) is 0.822. The van der Waals surface area contributed by atoms with E-state index >= 15 is 0 Å². The predicted molar refractivity (Wildman–Crippen MR) is 85.4 cm³/mol. The zero-order valence-electron chi connectivity index (χ0n) is 12.5. The molecule has 1 atom stereocenters. The number of urea groups is 1. The zero-order valence-corrected chi connectivity index (χ0v) is 13.3. The summed E-state index contributed by atoms with van der Waals surface area (Å²) < 4.78 is 13.2. The number of carboxylic acid groups (broad SMARTS) is 1. The number of amides is 2. The molecule has 8 heteroatoms. The Morgan fingerprint density at radius 3 is 2.91 bits per heavy atom. The summed E-state index contributed by atoms with van der Waals surface area (Å²) in [6.07, 6.45) is 1.20. The number of anilines is 1. The maximum absolute atomic E-state index is 13.2. The lowest BCUT2D eigenvalue weighted by atomic mass is 10.2. The summed E-state index contributed by atoms with van der Waals surface area (Å²) in [7, 11) is 0. The van der Waals surface area contributed by atoms with Gasteiger partial charge < -0.3 is 20.6 Å². The van der Waals surface area contributed by atoms with Crippen LogP contribution in [0.15, 0.2) is 18.2 Å². The minimum absolute atomic E-state index is 0.0155. The van der Waals surface area contributed by atoms with Gasteiger partial charge in [-0.3, -0.25) is 4.79 Å². The first-order chi connectivity index (χ1) is 11.0. The third-order valence-electron chi connectivity index (χ3n) is 3.64. The molecule has 1 unspecified atom stereocenters. The van der Waals surface area contributed by atoms with Gasteiger partial charge in [0.05, 0.1) is 5.02 Å². The predicted octanol–water partition coefficient (Wildman–Crippen LogP) is 2.22. The number of nitrogens with one attached hydrogen (secondary N) is 2. The van der Waals surface area contributed by atoms with Gasteiger partial charge in [0, 0.05) is 37.8 Å². The fourth-order valence-corrected chi connectivity index (χ4v) is 2.65.